The summed E-state index contributed by atoms with van der Waals surface area (Å²) in [6.07, 6.45) is 1.59. The molecule has 1 amide bonds. The van der Waals surface area contributed by atoms with Crippen LogP contribution in [-0.2, 0) is 4.79 Å². The molecule has 0 aliphatic heterocycles. The minimum Gasteiger partial charge on any atom is -0.410 e. The van der Waals surface area contributed by atoms with Gasteiger partial charge in [-0.15, -0.1) is 10.2 Å². The van der Waals surface area contributed by atoms with E-state index >= 15 is 0 Å². The Labute approximate surface area is 139 Å². The highest BCUT2D eigenvalue weighted by Crippen LogP contribution is 2.22. The fourth-order valence-electron chi connectivity index (χ4n) is 1.77. The number of carbonyl (C=O) groups is 1. The first-order valence-corrected chi connectivity index (χ1v) is 7.73. The highest BCUT2D eigenvalue weighted by molar-refractivity contribution is 7.99. The number of rotatable bonds is 5. The largest absolute Gasteiger partial charge is 0.410 e. The molecular formula is C15H10F2N4O2S. The van der Waals surface area contributed by atoms with Gasteiger partial charge in [-0.3, -0.25) is 9.78 Å². The van der Waals surface area contributed by atoms with E-state index in [4.69, 9.17) is 4.42 Å². The average Bonchev–Trinajstić information content (AvgIpc) is 3.05. The van der Waals surface area contributed by atoms with Gasteiger partial charge < -0.3 is 9.73 Å². The van der Waals surface area contributed by atoms with Gasteiger partial charge in [-0.05, 0) is 24.3 Å². The molecule has 0 aliphatic carbocycles. The fourth-order valence-corrected chi connectivity index (χ4v) is 2.33. The zero-order valence-electron chi connectivity index (χ0n) is 12.1. The van der Waals surface area contributed by atoms with Gasteiger partial charge in [-0.2, -0.15) is 0 Å². The van der Waals surface area contributed by atoms with Crippen molar-refractivity contribution in [2.24, 2.45) is 0 Å². The molecule has 0 fully saturated rings. The molecule has 24 heavy (non-hydrogen) atoms. The van der Waals surface area contributed by atoms with E-state index in [0.29, 0.717) is 11.8 Å². The number of pyridine rings is 1. The van der Waals surface area contributed by atoms with E-state index in [1.807, 2.05) is 0 Å². The van der Waals surface area contributed by atoms with Crippen molar-refractivity contribution in [2.45, 2.75) is 5.22 Å². The van der Waals surface area contributed by atoms with Gasteiger partial charge in [-0.25, -0.2) is 8.78 Å². The van der Waals surface area contributed by atoms with Crippen molar-refractivity contribution >= 4 is 23.4 Å². The molecule has 6 nitrogen and oxygen atoms in total. The van der Waals surface area contributed by atoms with Crippen LogP contribution in [0.5, 0.6) is 0 Å². The smallest absolute Gasteiger partial charge is 0.277 e. The Kier molecular flexibility index (Phi) is 4.80. The van der Waals surface area contributed by atoms with Crippen molar-refractivity contribution in [3.05, 3.63) is 54.2 Å². The molecule has 0 unspecified atom stereocenters. The predicted octanol–water partition coefficient (Wildman–Crippen LogP) is 3.14. The second-order valence-electron chi connectivity index (χ2n) is 4.55. The summed E-state index contributed by atoms with van der Waals surface area (Å²) in [5, 5.41) is 10.2. The molecule has 2 heterocycles. The van der Waals surface area contributed by atoms with E-state index < -0.39 is 17.5 Å². The Morgan fingerprint density at radius 3 is 2.83 bits per heavy atom. The lowest BCUT2D eigenvalue weighted by Gasteiger charge is -2.05. The molecule has 122 valence electrons. The van der Waals surface area contributed by atoms with Gasteiger partial charge >= 0.3 is 0 Å². The molecule has 3 aromatic rings. The van der Waals surface area contributed by atoms with Crippen LogP contribution in [-0.4, -0.2) is 26.8 Å². The standard InChI is InChI=1S/C15H10F2N4O2S/c16-9-4-5-11(10(17)7-9)19-13(22)8-24-15-21-20-14(23-15)12-3-1-2-6-18-12/h1-7H,8H2,(H,19,22). The second-order valence-corrected chi connectivity index (χ2v) is 5.48. The van der Waals surface area contributed by atoms with E-state index in [2.05, 4.69) is 20.5 Å². The number of nitrogens with zero attached hydrogens (tertiary/aromatic N) is 3. The van der Waals surface area contributed by atoms with E-state index in [9.17, 15) is 13.6 Å². The van der Waals surface area contributed by atoms with Crippen molar-refractivity contribution in [2.75, 3.05) is 11.1 Å². The lowest BCUT2D eigenvalue weighted by Crippen LogP contribution is -2.15. The Hall–Kier alpha value is -2.81. The molecule has 0 atom stereocenters. The van der Waals surface area contributed by atoms with Crippen molar-refractivity contribution in [3.8, 4) is 11.6 Å². The fraction of sp³-hybridized carbons (Fsp3) is 0.0667. The number of hydrogen-bond donors (Lipinski definition) is 1. The molecule has 0 saturated carbocycles. The molecule has 1 N–H and O–H groups in total. The molecule has 3 rings (SSSR count). The third-order valence-electron chi connectivity index (χ3n) is 2.82. The number of benzene rings is 1. The van der Waals surface area contributed by atoms with Gasteiger partial charge in [0.15, 0.2) is 0 Å². The highest BCUT2D eigenvalue weighted by atomic mass is 32.2. The molecule has 1 aromatic carbocycles. The summed E-state index contributed by atoms with van der Waals surface area (Å²) in [5.41, 5.74) is 0.427. The summed E-state index contributed by atoms with van der Waals surface area (Å²) >= 11 is 0.996. The number of thioether (sulfide) groups is 1. The van der Waals surface area contributed by atoms with E-state index in [0.717, 1.165) is 23.9 Å². The third-order valence-corrected chi connectivity index (χ3v) is 3.64. The van der Waals surface area contributed by atoms with Crippen molar-refractivity contribution in [3.63, 3.8) is 0 Å². The minimum absolute atomic E-state index is 0.0688. The van der Waals surface area contributed by atoms with Gasteiger partial charge in [-0.1, -0.05) is 17.8 Å². The zero-order chi connectivity index (χ0) is 16.9. The van der Waals surface area contributed by atoms with Crippen molar-refractivity contribution < 1.29 is 18.0 Å². The number of hydrogen-bond acceptors (Lipinski definition) is 6. The number of amides is 1. The van der Waals surface area contributed by atoms with Crippen LogP contribution >= 0.6 is 11.8 Å². The first-order valence-electron chi connectivity index (χ1n) is 6.74. The predicted molar refractivity (Wildman–Crippen MR) is 83.2 cm³/mol. The summed E-state index contributed by atoms with van der Waals surface area (Å²) < 4.78 is 31.6. The monoisotopic (exact) mass is 348 g/mol. The lowest BCUT2D eigenvalue weighted by atomic mass is 10.3. The van der Waals surface area contributed by atoms with Gasteiger partial charge in [0.25, 0.3) is 11.1 Å². The quantitative estimate of drug-likeness (QED) is 0.714. The maximum absolute atomic E-state index is 13.5. The summed E-state index contributed by atoms with van der Waals surface area (Å²) in [6.45, 7) is 0. The van der Waals surface area contributed by atoms with Crippen LogP contribution < -0.4 is 5.32 Å². The summed E-state index contributed by atoms with van der Waals surface area (Å²) in [5.74, 6) is -1.87. The van der Waals surface area contributed by atoms with Gasteiger partial charge in [0.1, 0.15) is 17.3 Å². The first-order chi connectivity index (χ1) is 11.6. The number of carbonyl (C=O) groups excluding carboxylic acids is 1. The van der Waals surface area contributed by atoms with E-state index in [-0.39, 0.29) is 22.6 Å². The number of nitrogens with one attached hydrogen (secondary N) is 1. The number of aromatic nitrogens is 3. The average molecular weight is 348 g/mol. The van der Waals surface area contributed by atoms with Gasteiger partial charge in [0, 0.05) is 12.3 Å². The zero-order valence-corrected chi connectivity index (χ0v) is 12.9. The Morgan fingerprint density at radius 1 is 1.21 bits per heavy atom. The van der Waals surface area contributed by atoms with Crippen molar-refractivity contribution in [1.82, 2.24) is 15.2 Å². The molecular weight excluding hydrogens is 338 g/mol. The topological polar surface area (TPSA) is 80.9 Å². The van der Waals surface area contributed by atoms with Crippen LogP contribution in [0.25, 0.3) is 11.6 Å². The molecule has 0 radical (unpaired) electrons. The minimum atomic E-state index is -0.844. The molecule has 2 aromatic heterocycles. The maximum atomic E-state index is 13.5. The van der Waals surface area contributed by atoms with Gasteiger partial charge in [0.2, 0.25) is 5.91 Å². The van der Waals surface area contributed by atoms with E-state index in [1.165, 1.54) is 0 Å². The summed E-state index contributed by atoms with van der Waals surface area (Å²) in [7, 11) is 0. The van der Waals surface area contributed by atoms with Crippen LogP contribution in [0.3, 0.4) is 0 Å². The molecule has 0 bridgehead atoms. The summed E-state index contributed by atoms with van der Waals surface area (Å²) in [6, 6.07) is 8.16. The molecule has 0 saturated heterocycles. The molecule has 0 spiro atoms. The normalized spacial score (nSPS) is 10.6. The Morgan fingerprint density at radius 2 is 2.08 bits per heavy atom. The lowest BCUT2D eigenvalue weighted by molar-refractivity contribution is -0.113. The van der Waals surface area contributed by atoms with Crippen molar-refractivity contribution in [1.29, 1.82) is 0 Å². The van der Waals surface area contributed by atoms with Gasteiger partial charge in [0.05, 0.1) is 11.4 Å². The maximum Gasteiger partial charge on any atom is 0.277 e. The SMILES string of the molecule is O=C(CSc1nnc(-c2ccccn2)o1)Nc1ccc(F)cc1F. The Bertz CT molecular complexity index is 858. The molecule has 0 aliphatic rings. The Balaban J connectivity index is 1.58. The highest BCUT2D eigenvalue weighted by Gasteiger charge is 2.13. The first kappa shape index (κ1) is 16.1. The number of anilines is 1. The third kappa shape index (κ3) is 3.93. The number of halogens is 2. The van der Waals surface area contributed by atoms with E-state index in [1.54, 1.807) is 24.4 Å². The molecule has 9 heteroatoms. The van der Waals surface area contributed by atoms with Crippen LogP contribution in [0.2, 0.25) is 0 Å². The van der Waals surface area contributed by atoms with Crippen LogP contribution in [0.4, 0.5) is 14.5 Å². The summed E-state index contributed by atoms with van der Waals surface area (Å²) in [4.78, 5) is 15.9. The van der Waals surface area contributed by atoms with Crippen LogP contribution in [0, 0.1) is 11.6 Å². The van der Waals surface area contributed by atoms with Crippen LogP contribution in [0.1, 0.15) is 0 Å². The van der Waals surface area contributed by atoms with Crippen LogP contribution in [0.15, 0.2) is 52.2 Å². The second kappa shape index (κ2) is 7.18.